The van der Waals surface area contributed by atoms with Crippen LogP contribution in [-0.2, 0) is 6.61 Å². The van der Waals surface area contributed by atoms with Crippen LogP contribution in [0, 0.1) is 0 Å². The summed E-state index contributed by atoms with van der Waals surface area (Å²) in [5, 5.41) is 5.49. The predicted molar refractivity (Wildman–Crippen MR) is 111 cm³/mol. The predicted octanol–water partition coefficient (Wildman–Crippen LogP) is 6.03. The van der Waals surface area contributed by atoms with Crippen LogP contribution in [0.4, 0.5) is 5.69 Å². The fourth-order valence-electron chi connectivity index (χ4n) is 2.38. The van der Waals surface area contributed by atoms with Gasteiger partial charge in [-0.15, -0.1) is 0 Å². The van der Waals surface area contributed by atoms with E-state index in [0.29, 0.717) is 28.2 Å². The third-order valence-electron chi connectivity index (χ3n) is 3.80. The molecule has 4 nitrogen and oxygen atoms in total. The molecule has 1 N–H and O–H groups in total. The summed E-state index contributed by atoms with van der Waals surface area (Å²) in [6.45, 7) is 0.359. The van der Waals surface area contributed by atoms with Gasteiger partial charge in [-0.2, -0.15) is 5.10 Å². The average Bonchev–Trinajstić information content (AvgIpc) is 2.69. The largest absolute Gasteiger partial charge is 0.493 e. The maximum Gasteiger partial charge on any atom is 0.161 e. The number of nitrogens with one attached hydrogen (secondary N) is 1. The molecule has 0 spiro atoms. The molecule has 6 heteroatoms. The summed E-state index contributed by atoms with van der Waals surface area (Å²) >= 11 is 12.3. The highest BCUT2D eigenvalue weighted by atomic mass is 35.5. The van der Waals surface area contributed by atoms with E-state index in [-0.39, 0.29) is 0 Å². The fourth-order valence-corrected chi connectivity index (χ4v) is 2.75. The second-order valence-electron chi connectivity index (χ2n) is 5.64. The van der Waals surface area contributed by atoms with Crippen LogP contribution in [0.25, 0.3) is 0 Å². The van der Waals surface area contributed by atoms with Gasteiger partial charge in [-0.3, -0.25) is 5.43 Å². The summed E-state index contributed by atoms with van der Waals surface area (Å²) in [5.74, 6) is 1.25. The maximum atomic E-state index is 6.16. The molecule has 3 aromatic rings. The molecule has 0 bridgehead atoms. The third-order valence-corrected chi connectivity index (χ3v) is 4.50. The Hall–Kier alpha value is -2.69. The van der Waals surface area contributed by atoms with Crippen LogP contribution in [0.3, 0.4) is 0 Å². The van der Waals surface area contributed by atoms with Crippen LogP contribution in [0.1, 0.15) is 11.1 Å². The molecule has 27 heavy (non-hydrogen) atoms. The van der Waals surface area contributed by atoms with Gasteiger partial charge in [0.25, 0.3) is 0 Å². The number of hydrazone groups is 1. The number of anilines is 1. The van der Waals surface area contributed by atoms with E-state index in [9.17, 15) is 0 Å². The van der Waals surface area contributed by atoms with Gasteiger partial charge in [0, 0.05) is 10.6 Å². The van der Waals surface area contributed by atoms with Gasteiger partial charge in [0.1, 0.15) is 6.61 Å². The Morgan fingerprint density at radius 3 is 2.41 bits per heavy atom. The smallest absolute Gasteiger partial charge is 0.161 e. The van der Waals surface area contributed by atoms with Gasteiger partial charge in [0.15, 0.2) is 11.5 Å². The number of halogens is 2. The highest BCUT2D eigenvalue weighted by Crippen LogP contribution is 2.29. The molecule has 0 aliphatic heterocycles. The number of rotatable bonds is 7. The van der Waals surface area contributed by atoms with Gasteiger partial charge >= 0.3 is 0 Å². The Morgan fingerprint density at radius 2 is 1.67 bits per heavy atom. The lowest BCUT2D eigenvalue weighted by Gasteiger charge is -2.12. The Morgan fingerprint density at radius 1 is 0.926 bits per heavy atom. The molecule has 0 atom stereocenters. The topological polar surface area (TPSA) is 42.8 Å². The first-order chi connectivity index (χ1) is 13.2. The standard InChI is InChI=1S/C21H18Cl2N2O2/c1-26-21-12-15(13-24-25-19-9-5-4-8-18(19)23)10-11-20(21)27-14-16-6-2-3-7-17(16)22/h2-13,25H,14H2,1H3. The molecule has 0 saturated heterocycles. The summed E-state index contributed by atoms with van der Waals surface area (Å²) in [6, 6.07) is 20.6. The average molecular weight is 401 g/mol. The summed E-state index contributed by atoms with van der Waals surface area (Å²) in [7, 11) is 1.60. The van der Waals surface area contributed by atoms with Gasteiger partial charge in [-0.25, -0.2) is 0 Å². The second kappa shape index (κ2) is 9.31. The molecule has 138 valence electrons. The van der Waals surface area contributed by atoms with E-state index < -0.39 is 0 Å². The Balaban J connectivity index is 1.67. The van der Waals surface area contributed by atoms with Crippen molar-refractivity contribution in [1.82, 2.24) is 0 Å². The molecule has 0 amide bonds. The lowest BCUT2D eigenvalue weighted by atomic mass is 10.2. The molecular formula is C21H18Cl2N2O2. The SMILES string of the molecule is COc1cc(C=NNc2ccccc2Cl)ccc1OCc1ccccc1Cl. The molecule has 3 rings (SSSR count). The molecule has 0 aliphatic carbocycles. The van der Waals surface area contributed by atoms with Gasteiger partial charge in [-0.1, -0.05) is 53.5 Å². The first-order valence-corrected chi connectivity index (χ1v) is 9.01. The van der Waals surface area contributed by atoms with Gasteiger partial charge in [-0.05, 0) is 42.0 Å². The summed E-state index contributed by atoms with van der Waals surface area (Å²) in [6.07, 6.45) is 1.68. The van der Waals surface area contributed by atoms with E-state index in [0.717, 1.165) is 16.8 Å². The molecule has 0 aliphatic rings. The first-order valence-electron chi connectivity index (χ1n) is 8.25. The van der Waals surface area contributed by atoms with Crippen molar-refractivity contribution in [1.29, 1.82) is 0 Å². The lowest BCUT2D eigenvalue weighted by molar-refractivity contribution is 0.284. The Kier molecular flexibility index (Phi) is 6.58. The van der Waals surface area contributed by atoms with Crippen molar-refractivity contribution < 1.29 is 9.47 Å². The minimum atomic E-state index is 0.359. The third kappa shape index (κ3) is 5.16. The quantitative estimate of drug-likeness (QED) is 0.389. The van der Waals surface area contributed by atoms with Crippen molar-refractivity contribution in [2.75, 3.05) is 12.5 Å². The lowest BCUT2D eigenvalue weighted by Crippen LogP contribution is -1.99. The van der Waals surface area contributed by atoms with Crippen LogP contribution in [0.15, 0.2) is 71.8 Å². The summed E-state index contributed by atoms with van der Waals surface area (Å²) in [5.41, 5.74) is 5.43. The van der Waals surface area contributed by atoms with Crippen molar-refractivity contribution in [3.05, 3.63) is 87.9 Å². The number of hydrogen-bond acceptors (Lipinski definition) is 4. The van der Waals surface area contributed by atoms with E-state index in [4.69, 9.17) is 32.7 Å². The van der Waals surface area contributed by atoms with Crippen molar-refractivity contribution in [2.24, 2.45) is 5.10 Å². The molecule has 0 fully saturated rings. The monoisotopic (exact) mass is 400 g/mol. The number of para-hydroxylation sites is 1. The molecule has 0 unspecified atom stereocenters. The molecule has 3 aromatic carbocycles. The van der Waals surface area contributed by atoms with Crippen molar-refractivity contribution in [3.8, 4) is 11.5 Å². The Labute approximate surface area is 168 Å². The van der Waals surface area contributed by atoms with Gasteiger partial charge in [0.2, 0.25) is 0 Å². The highest BCUT2D eigenvalue weighted by Gasteiger charge is 2.07. The van der Waals surface area contributed by atoms with E-state index in [1.807, 2.05) is 60.7 Å². The van der Waals surface area contributed by atoms with E-state index in [1.165, 1.54) is 0 Å². The van der Waals surface area contributed by atoms with E-state index in [2.05, 4.69) is 10.5 Å². The number of benzene rings is 3. The number of methoxy groups -OCH3 is 1. The number of hydrogen-bond donors (Lipinski definition) is 1. The van der Waals surface area contributed by atoms with Crippen LogP contribution < -0.4 is 14.9 Å². The van der Waals surface area contributed by atoms with E-state index >= 15 is 0 Å². The highest BCUT2D eigenvalue weighted by molar-refractivity contribution is 6.33. The minimum absolute atomic E-state index is 0.359. The first kappa shape index (κ1) is 19.1. The van der Waals surface area contributed by atoms with Crippen molar-refractivity contribution in [2.45, 2.75) is 6.61 Å². The number of nitrogens with zero attached hydrogens (tertiary/aromatic N) is 1. The normalized spacial score (nSPS) is 10.8. The van der Waals surface area contributed by atoms with Gasteiger partial charge in [0.05, 0.1) is 24.0 Å². The number of ether oxygens (including phenoxy) is 2. The van der Waals surface area contributed by atoms with Crippen molar-refractivity contribution >= 4 is 35.1 Å². The van der Waals surface area contributed by atoms with Crippen LogP contribution >= 0.6 is 23.2 Å². The molecule has 0 saturated carbocycles. The van der Waals surface area contributed by atoms with E-state index in [1.54, 1.807) is 19.4 Å². The summed E-state index contributed by atoms with van der Waals surface area (Å²) in [4.78, 5) is 0. The minimum Gasteiger partial charge on any atom is -0.493 e. The maximum absolute atomic E-state index is 6.16. The molecule has 0 aromatic heterocycles. The van der Waals surface area contributed by atoms with Crippen LogP contribution in [0.5, 0.6) is 11.5 Å². The fraction of sp³-hybridized carbons (Fsp3) is 0.0952. The Bertz CT molecular complexity index is 945. The van der Waals surface area contributed by atoms with Gasteiger partial charge < -0.3 is 9.47 Å². The van der Waals surface area contributed by atoms with Crippen LogP contribution in [-0.4, -0.2) is 13.3 Å². The zero-order valence-corrected chi connectivity index (χ0v) is 16.2. The molecule has 0 radical (unpaired) electrons. The zero-order valence-electron chi connectivity index (χ0n) is 14.7. The summed E-state index contributed by atoms with van der Waals surface area (Å²) < 4.78 is 11.3. The van der Waals surface area contributed by atoms with Crippen molar-refractivity contribution in [3.63, 3.8) is 0 Å². The molecule has 0 heterocycles. The second-order valence-corrected chi connectivity index (χ2v) is 6.45. The van der Waals surface area contributed by atoms with Crippen LogP contribution in [0.2, 0.25) is 10.0 Å². The zero-order chi connectivity index (χ0) is 19.1. The molecular weight excluding hydrogens is 383 g/mol.